The van der Waals surface area contributed by atoms with Gasteiger partial charge in [-0.05, 0) is 78.1 Å². The van der Waals surface area contributed by atoms with Crippen molar-refractivity contribution in [1.82, 2.24) is 19.9 Å². The summed E-state index contributed by atoms with van der Waals surface area (Å²) in [5.41, 5.74) is 13.4. The topological polar surface area (TPSA) is 60.8 Å². The molecule has 52 heavy (non-hydrogen) atoms. The number of ether oxygens (including phenoxy) is 1. The second kappa shape index (κ2) is 11.7. The SMILES string of the molecule is Cc1ccc(-c2cccc(-c3nc(-c4ccccc4)nc(-c4ccc5c(c4)C4(c6ccccc6O5)c5ccccc5-c5ccccc54)n3)c2)c(C)n1. The van der Waals surface area contributed by atoms with Crippen LogP contribution in [0.4, 0.5) is 0 Å². The zero-order chi connectivity index (χ0) is 34.8. The fourth-order valence-corrected chi connectivity index (χ4v) is 8.16. The molecule has 0 radical (unpaired) electrons. The number of nitrogens with zero attached hydrogens (tertiary/aromatic N) is 4. The molecule has 0 bridgehead atoms. The van der Waals surface area contributed by atoms with Crippen molar-refractivity contribution in [2.24, 2.45) is 0 Å². The Labute approximate surface area is 302 Å². The number of hydrogen-bond donors (Lipinski definition) is 0. The molecule has 5 nitrogen and oxygen atoms in total. The number of benzene rings is 6. The number of pyridine rings is 1. The van der Waals surface area contributed by atoms with Crippen LogP contribution in [-0.2, 0) is 5.41 Å². The van der Waals surface area contributed by atoms with Crippen molar-refractivity contribution in [3.8, 4) is 67.9 Å². The second-order valence-corrected chi connectivity index (χ2v) is 13.5. The van der Waals surface area contributed by atoms with E-state index < -0.39 is 5.41 Å². The number of para-hydroxylation sites is 1. The highest BCUT2D eigenvalue weighted by molar-refractivity contribution is 5.89. The highest BCUT2D eigenvalue weighted by Gasteiger charge is 2.51. The van der Waals surface area contributed by atoms with Gasteiger partial charge in [-0.3, -0.25) is 4.98 Å². The van der Waals surface area contributed by atoms with E-state index in [4.69, 9.17) is 24.7 Å². The first-order chi connectivity index (χ1) is 25.6. The fraction of sp³-hybridized carbons (Fsp3) is 0.0638. The molecule has 0 N–H and O–H groups in total. The van der Waals surface area contributed by atoms with E-state index in [1.807, 2.05) is 43.3 Å². The predicted octanol–water partition coefficient (Wildman–Crippen LogP) is 11.0. The van der Waals surface area contributed by atoms with Gasteiger partial charge in [-0.15, -0.1) is 0 Å². The van der Waals surface area contributed by atoms with Gasteiger partial charge in [-0.1, -0.05) is 121 Å². The van der Waals surface area contributed by atoms with Crippen LogP contribution in [0, 0.1) is 13.8 Å². The van der Waals surface area contributed by atoms with Crippen LogP contribution in [0.1, 0.15) is 33.6 Å². The third-order valence-corrected chi connectivity index (χ3v) is 10.4. The number of aromatic nitrogens is 4. The van der Waals surface area contributed by atoms with Gasteiger partial charge < -0.3 is 4.74 Å². The summed E-state index contributed by atoms with van der Waals surface area (Å²) >= 11 is 0. The zero-order valence-corrected chi connectivity index (χ0v) is 28.7. The smallest absolute Gasteiger partial charge is 0.164 e. The molecule has 1 aliphatic carbocycles. The molecule has 0 fully saturated rings. The Morgan fingerprint density at radius 3 is 1.65 bits per heavy atom. The highest BCUT2D eigenvalue weighted by Crippen LogP contribution is 2.62. The normalized spacial score (nSPS) is 13.1. The van der Waals surface area contributed by atoms with Crippen molar-refractivity contribution < 1.29 is 4.74 Å². The molecule has 8 aromatic rings. The van der Waals surface area contributed by atoms with Gasteiger partial charge in [-0.25, -0.2) is 15.0 Å². The van der Waals surface area contributed by atoms with Crippen molar-refractivity contribution in [3.05, 3.63) is 191 Å². The number of fused-ring (bicyclic) bond motifs is 9. The lowest BCUT2D eigenvalue weighted by atomic mass is 9.66. The fourth-order valence-electron chi connectivity index (χ4n) is 8.16. The van der Waals surface area contributed by atoms with E-state index in [1.165, 1.54) is 22.3 Å². The Bertz CT molecular complexity index is 2660. The molecular weight excluding hydrogens is 637 g/mol. The molecule has 10 rings (SSSR count). The van der Waals surface area contributed by atoms with Crippen LogP contribution in [-0.4, -0.2) is 19.9 Å². The molecule has 0 unspecified atom stereocenters. The lowest BCUT2D eigenvalue weighted by Crippen LogP contribution is -2.32. The number of rotatable bonds is 4. The van der Waals surface area contributed by atoms with Crippen LogP contribution < -0.4 is 4.74 Å². The van der Waals surface area contributed by atoms with Gasteiger partial charge in [-0.2, -0.15) is 0 Å². The highest BCUT2D eigenvalue weighted by atomic mass is 16.5. The molecule has 246 valence electrons. The van der Waals surface area contributed by atoms with Gasteiger partial charge in [0.2, 0.25) is 0 Å². The quantitative estimate of drug-likeness (QED) is 0.187. The zero-order valence-electron chi connectivity index (χ0n) is 28.7. The largest absolute Gasteiger partial charge is 0.457 e. The van der Waals surface area contributed by atoms with Crippen LogP contribution in [0.2, 0.25) is 0 Å². The summed E-state index contributed by atoms with van der Waals surface area (Å²) in [6, 6.07) is 55.0. The monoisotopic (exact) mass is 668 g/mol. The summed E-state index contributed by atoms with van der Waals surface area (Å²) in [6.07, 6.45) is 0. The van der Waals surface area contributed by atoms with Crippen molar-refractivity contribution in [3.63, 3.8) is 0 Å². The van der Waals surface area contributed by atoms with E-state index in [0.717, 1.165) is 61.8 Å². The Hall–Kier alpha value is -6.72. The number of aryl methyl sites for hydroxylation is 2. The standard InChI is InChI=1S/C47H32N4O/c1-29-23-25-35(30(2)48-29)32-15-12-16-33(27-32)45-49-44(31-13-4-3-5-14-31)50-46(51-45)34-24-26-43-41(28-34)47(40-21-10-11-22-42(40)52-43)38-19-8-6-17-36(38)37-18-7-9-20-39(37)47/h3-28H,1-2H3. The first-order valence-corrected chi connectivity index (χ1v) is 17.6. The first-order valence-electron chi connectivity index (χ1n) is 17.6. The summed E-state index contributed by atoms with van der Waals surface area (Å²) in [6.45, 7) is 4.07. The minimum absolute atomic E-state index is 0.584. The van der Waals surface area contributed by atoms with Gasteiger partial charge in [0.05, 0.1) is 5.41 Å². The van der Waals surface area contributed by atoms with Gasteiger partial charge in [0, 0.05) is 44.8 Å². The van der Waals surface area contributed by atoms with Gasteiger partial charge in [0.1, 0.15) is 11.5 Å². The maximum absolute atomic E-state index is 6.69. The average molecular weight is 669 g/mol. The molecular formula is C47H32N4O. The van der Waals surface area contributed by atoms with E-state index >= 15 is 0 Å². The molecule has 0 atom stereocenters. The summed E-state index contributed by atoms with van der Waals surface area (Å²) in [5, 5.41) is 0. The third-order valence-electron chi connectivity index (χ3n) is 10.4. The van der Waals surface area contributed by atoms with Crippen molar-refractivity contribution in [2.75, 3.05) is 0 Å². The minimum Gasteiger partial charge on any atom is -0.457 e. The molecule has 5 heteroatoms. The molecule has 2 aromatic heterocycles. The third kappa shape index (κ3) is 4.56. The molecule has 0 saturated heterocycles. The molecule has 0 amide bonds. The first kappa shape index (κ1) is 30.1. The summed E-state index contributed by atoms with van der Waals surface area (Å²) < 4.78 is 6.69. The maximum atomic E-state index is 6.69. The number of hydrogen-bond acceptors (Lipinski definition) is 5. The Morgan fingerprint density at radius 2 is 0.942 bits per heavy atom. The summed E-state index contributed by atoms with van der Waals surface area (Å²) in [7, 11) is 0. The lowest BCUT2D eigenvalue weighted by molar-refractivity contribution is 0.436. The van der Waals surface area contributed by atoms with Gasteiger partial charge in [0.15, 0.2) is 17.5 Å². The van der Waals surface area contributed by atoms with E-state index in [1.54, 1.807) is 0 Å². The van der Waals surface area contributed by atoms with Crippen molar-refractivity contribution >= 4 is 0 Å². The molecule has 1 spiro atoms. The van der Waals surface area contributed by atoms with Gasteiger partial charge in [0.25, 0.3) is 0 Å². The lowest BCUT2D eigenvalue weighted by Gasteiger charge is -2.39. The summed E-state index contributed by atoms with van der Waals surface area (Å²) in [5.74, 6) is 3.50. The van der Waals surface area contributed by atoms with Crippen LogP contribution in [0.15, 0.2) is 158 Å². The maximum Gasteiger partial charge on any atom is 0.164 e. The molecule has 2 aliphatic rings. The molecule has 1 aliphatic heterocycles. The van der Waals surface area contributed by atoms with Crippen LogP contribution in [0.3, 0.4) is 0 Å². The van der Waals surface area contributed by atoms with E-state index in [0.29, 0.717) is 17.5 Å². The van der Waals surface area contributed by atoms with E-state index in [-0.39, 0.29) is 0 Å². The molecule has 0 saturated carbocycles. The van der Waals surface area contributed by atoms with Crippen molar-refractivity contribution in [2.45, 2.75) is 19.3 Å². The minimum atomic E-state index is -0.584. The van der Waals surface area contributed by atoms with Crippen LogP contribution in [0.25, 0.3) is 56.4 Å². The van der Waals surface area contributed by atoms with E-state index in [9.17, 15) is 0 Å². The molecule has 6 aromatic carbocycles. The second-order valence-electron chi connectivity index (χ2n) is 13.5. The summed E-state index contributed by atoms with van der Waals surface area (Å²) in [4.78, 5) is 20.1. The average Bonchev–Trinajstić information content (AvgIpc) is 3.49. The Kier molecular flexibility index (Phi) is 6.77. The Balaban J connectivity index is 1.20. The molecule has 3 heterocycles. The van der Waals surface area contributed by atoms with Crippen LogP contribution >= 0.6 is 0 Å². The predicted molar refractivity (Wildman–Crippen MR) is 206 cm³/mol. The van der Waals surface area contributed by atoms with E-state index in [2.05, 4.69) is 128 Å². The van der Waals surface area contributed by atoms with Crippen molar-refractivity contribution in [1.29, 1.82) is 0 Å². The Morgan fingerprint density at radius 1 is 0.385 bits per heavy atom. The van der Waals surface area contributed by atoms with Crippen LogP contribution in [0.5, 0.6) is 11.5 Å². The van der Waals surface area contributed by atoms with Gasteiger partial charge >= 0.3 is 0 Å².